The molecule has 6 nitrogen and oxygen atoms in total. The van der Waals surface area contributed by atoms with Crippen molar-refractivity contribution in [3.63, 3.8) is 0 Å². The summed E-state index contributed by atoms with van der Waals surface area (Å²) in [5.74, 6) is -3.67. The lowest BCUT2D eigenvalue weighted by Gasteiger charge is -2.29. The topological polar surface area (TPSA) is 82.0 Å². The Morgan fingerprint density at radius 1 is 1.52 bits per heavy atom. The van der Waals surface area contributed by atoms with Crippen molar-refractivity contribution in [2.45, 2.75) is 38.8 Å². The standard InChI is InChI=1S/C18H17ClF2N4O2/c1-10(18(2,20)21)27-14-4-3-11(7-22)16(19)15(14)17(26)25-6-5-13-12(9-25)8-23-24-13/h3-4,8,10H,5-6,9H2,1-2H3,(H,23,24). The molecule has 0 fully saturated rings. The molecule has 142 valence electrons. The summed E-state index contributed by atoms with van der Waals surface area (Å²) in [6.07, 6.45) is 0.741. The summed E-state index contributed by atoms with van der Waals surface area (Å²) in [6.45, 7) is 2.64. The highest BCUT2D eigenvalue weighted by Gasteiger charge is 2.34. The maximum Gasteiger partial charge on any atom is 0.281 e. The van der Waals surface area contributed by atoms with Crippen molar-refractivity contribution < 1.29 is 18.3 Å². The highest BCUT2D eigenvalue weighted by Crippen LogP contribution is 2.34. The molecular formula is C18H17ClF2N4O2. The van der Waals surface area contributed by atoms with Gasteiger partial charge in [-0.3, -0.25) is 9.89 Å². The minimum atomic E-state index is -3.11. The van der Waals surface area contributed by atoms with E-state index >= 15 is 0 Å². The van der Waals surface area contributed by atoms with Gasteiger partial charge in [0.1, 0.15) is 17.4 Å². The highest BCUT2D eigenvalue weighted by atomic mass is 35.5. The SMILES string of the molecule is CC(Oc1ccc(C#N)c(Cl)c1C(=O)N1CCc2[nH]ncc2C1)C(C)(F)F. The van der Waals surface area contributed by atoms with Crippen LogP contribution >= 0.6 is 11.6 Å². The molecule has 0 spiro atoms. The first-order valence-electron chi connectivity index (χ1n) is 8.29. The molecule has 1 N–H and O–H groups in total. The third-order valence-corrected chi connectivity index (χ3v) is 4.94. The van der Waals surface area contributed by atoms with Crippen molar-refractivity contribution in [2.24, 2.45) is 0 Å². The van der Waals surface area contributed by atoms with Gasteiger partial charge in [0.05, 0.1) is 16.8 Å². The normalized spacial score (nSPS) is 15.0. The van der Waals surface area contributed by atoms with E-state index in [0.717, 1.165) is 18.2 Å². The molecule has 27 heavy (non-hydrogen) atoms. The molecule has 1 aliphatic heterocycles. The minimum Gasteiger partial charge on any atom is -0.484 e. The quantitative estimate of drug-likeness (QED) is 0.859. The number of halogens is 3. The number of hydrogen-bond acceptors (Lipinski definition) is 4. The van der Waals surface area contributed by atoms with Gasteiger partial charge >= 0.3 is 0 Å². The molecule has 0 saturated heterocycles. The number of benzene rings is 1. The van der Waals surface area contributed by atoms with E-state index in [2.05, 4.69) is 10.2 Å². The van der Waals surface area contributed by atoms with Gasteiger partial charge in [-0.2, -0.15) is 10.4 Å². The predicted molar refractivity (Wildman–Crippen MR) is 93.9 cm³/mol. The largest absolute Gasteiger partial charge is 0.484 e. The van der Waals surface area contributed by atoms with Gasteiger partial charge in [-0.1, -0.05) is 11.6 Å². The Kier molecular flexibility index (Phi) is 5.07. The number of ether oxygens (including phenoxy) is 1. The Balaban J connectivity index is 1.97. The number of nitriles is 1. The Morgan fingerprint density at radius 3 is 2.93 bits per heavy atom. The van der Waals surface area contributed by atoms with E-state index < -0.39 is 17.9 Å². The molecule has 0 saturated carbocycles. The molecule has 1 atom stereocenters. The third-order valence-electron chi connectivity index (χ3n) is 4.54. The van der Waals surface area contributed by atoms with Gasteiger partial charge in [-0.25, -0.2) is 8.78 Å². The second-order valence-corrected chi connectivity index (χ2v) is 6.86. The summed E-state index contributed by atoms with van der Waals surface area (Å²) in [5, 5.41) is 15.9. The van der Waals surface area contributed by atoms with Crippen molar-refractivity contribution in [3.8, 4) is 11.8 Å². The van der Waals surface area contributed by atoms with E-state index in [1.54, 1.807) is 6.20 Å². The van der Waals surface area contributed by atoms with Crippen LogP contribution in [0.3, 0.4) is 0 Å². The lowest BCUT2D eigenvalue weighted by atomic mass is 10.0. The first-order chi connectivity index (χ1) is 12.7. The zero-order valence-electron chi connectivity index (χ0n) is 14.7. The van der Waals surface area contributed by atoms with Gasteiger partial charge in [0.2, 0.25) is 0 Å². The lowest BCUT2D eigenvalue weighted by Crippen LogP contribution is -2.37. The number of H-pyrrole nitrogens is 1. The van der Waals surface area contributed by atoms with Crippen LogP contribution in [0.15, 0.2) is 18.3 Å². The number of carbonyl (C=O) groups excluding carboxylic acids is 1. The fourth-order valence-corrected chi connectivity index (χ4v) is 3.07. The first-order valence-corrected chi connectivity index (χ1v) is 8.67. The second kappa shape index (κ2) is 7.16. The maximum atomic E-state index is 13.5. The van der Waals surface area contributed by atoms with Gasteiger partial charge < -0.3 is 9.64 Å². The van der Waals surface area contributed by atoms with E-state index in [4.69, 9.17) is 16.3 Å². The zero-order valence-corrected chi connectivity index (χ0v) is 15.5. The molecule has 1 aromatic heterocycles. The monoisotopic (exact) mass is 394 g/mol. The number of hydrogen-bond donors (Lipinski definition) is 1. The van der Waals surface area contributed by atoms with E-state index in [1.807, 2.05) is 6.07 Å². The molecule has 0 aliphatic carbocycles. The van der Waals surface area contributed by atoms with Crippen LogP contribution in [0, 0.1) is 11.3 Å². The summed E-state index contributed by atoms with van der Waals surface area (Å²) in [7, 11) is 0. The van der Waals surface area contributed by atoms with E-state index in [9.17, 15) is 18.8 Å². The van der Waals surface area contributed by atoms with Gasteiger partial charge in [0.25, 0.3) is 11.8 Å². The van der Waals surface area contributed by atoms with E-state index in [-0.39, 0.29) is 21.9 Å². The molecule has 0 bridgehead atoms. The Morgan fingerprint density at radius 2 is 2.26 bits per heavy atom. The van der Waals surface area contributed by atoms with Crippen molar-refractivity contribution in [2.75, 3.05) is 6.54 Å². The number of fused-ring (bicyclic) bond motifs is 1. The van der Waals surface area contributed by atoms with E-state index in [1.165, 1.54) is 24.0 Å². The number of nitrogens with zero attached hydrogens (tertiary/aromatic N) is 3. The molecule has 1 unspecified atom stereocenters. The number of aromatic amines is 1. The number of amides is 1. The Labute approximate surface area is 159 Å². The van der Waals surface area contributed by atoms with Crippen LogP contribution in [0.4, 0.5) is 8.78 Å². The molecule has 0 radical (unpaired) electrons. The van der Waals surface area contributed by atoms with Crippen molar-refractivity contribution in [1.82, 2.24) is 15.1 Å². The highest BCUT2D eigenvalue weighted by molar-refractivity contribution is 6.35. The molecule has 3 rings (SSSR count). The molecule has 2 heterocycles. The van der Waals surface area contributed by atoms with E-state index in [0.29, 0.717) is 19.5 Å². The summed E-state index contributed by atoms with van der Waals surface area (Å²) in [5.41, 5.74) is 1.81. The summed E-state index contributed by atoms with van der Waals surface area (Å²) < 4.78 is 32.4. The average molecular weight is 395 g/mol. The van der Waals surface area contributed by atoms with Crippen LogP contribution in [0.2, 0.25) is 5.02 Å². The fraction of sp³-hybridized carbons (Fsp3) is 0.389. The van der Waals surface area contributed by atoms with Crippen LogP contribution in [0.1, 0.15) is 41.0 Å². The van der Waals surface area contributed by atoms with Crippen LogP contribution in [0.5, 0.6) is 5.75 Å². The molecule has 1 aromatic carbocycles. The van der Waals surface area contributed by atoms with Crippen LogP contribution in [-0.4, -0.2) is 39.6 Å². The van der Waals surface area contributed by atoms with Gasteiger partial charge in [-0.15, -0.1) is 0 Å². The van der Waals surface area contributed by atoms with Gasteiger partial charge in [-0.05, 0) is 19.1 Å². The van der Waals surface area contributed by atoms with Crippen molar-refractivity contribution in [3.05, 3.63) is 45.7 Å². The van der Waals surface area contributed by atoms with Crippen molar-refractivity contribution in [1.29, 1.82) is 5.26 Å². The van der Waals surface area contributed by atoms with Gasteiger partial charge in [0.15, 0.2) is 6.10 Å². The summed E-state index contributed by atoms with van der Waals surface area (Å²) in [4.78, 5) is 14.6. The number of nitrogens with one attached hydrogen (secondary N) is 1. The molecular weight excluding hydrogens is 378 g/mol. The molecule has 9 heteroatoms. The average Bonchev–Trinajstić information content (AvgIpc) is 3.08. The Hall–Kier alpha value is -2.66. The van der Waals surface area contributed by atoms with Crippen LogP contribution < -0.4 is 4.74 Å². The lowest BCUT2D eigenvalue weighted by molar-refractivity contribution is -0.0720. The molecule has 2 aromatic rings. The second-order valence-electron chi connectivity index (χ2n) is 6.48. The summed E-state index contributed by atoms with van der Waals surface area (Å²) >= 11 is 6.25. The number of alkyl halides is 2. The smallest absolute Gasteiger partial charge is 0.281 e. The number of rotatable bonds is 4. The predicted octanol–water partition coefficient (Wildman–Crippen LogP) is 3.56. The van der Waals surface area contributed by atoms with Gasteiger partial charge in [0, 0.05) is 37.7 Å². The summed E-state index contributed by atoms with van der Waals surface area (Å²) in [6, 6.07) is 4.57. The van der Waals surface area contributed by atoms with Crippen molar-refractivity contribution >= 4 is 17.5 Å². The number of aromatic nitrogens is 2. The fourth-order valence-electron chi connectivity index (χ4n) is 2.79. The first kappa shape index (κ1) is 19.1. The van der Waals surface area contributed by atoms with Crippen LogP contribution in [0.25, 0.3) is 0 Å². The Bertz CT molecular complexity index is 917. The molecule has 1 aliphatic rings. The third kappa shape index (κ3) is 3.74. The minimum absolute atomic E-state index is 0.0731. The maximum absolute atomic E-state index is 13.5. The van der Waals surface area contributed by atoms with Crippen LogP contribution in [-0.2, 0) is 13.0 Å². The number of carbonyl (C=O) groups is 1. The zero-order chi connectivity index (χ0) is 19.8. The molecule has 1 amide bonds.